The predicted molar refractivity (Wildman–Crippen MR) is 91.2 cm³/mol. The Hall–Kier alpha value is -1.18. The second-order valence-corrected chi connectivity index (χ2v) is 6.86. The quantitative estimate of drug-likeness (QED) is 0.756. The van der Waals surface area contributed by atoms with Gasteiger partial charge in [-0.2, -0.15) is 0 Å². The van der Waals surface area contributed by atoms with Crippen LogP contribution in [0.15, 0.2) is 18.2 Å². The normalized spacial score (nSPS) is 22.3. The summed E-state index contributed by atoms with van der Waals surface area (Å²) in [4.78, 5) is 0. The first-order chi connectivity index (χ1) is 10.1. The largest absolute Gasteiger partial charge is 0.491 e. The Morgan fingerprint density at radius 2 is 2.10 bits per heavy atom. The van der Waals surface area contributed by atoms with Crippen LogP contribution in [0.1, 0.15) is 58.4 Å². The monoisotopic (exact) mass is 289 g/mol. The van der Waals surface area contributed by atoms with Crippen LogP contribution in [0, 0.1) is 18.8 Å². The molecule has 21 heavy (non-hydrogen) atoms. The fourth-order valence-electron chi connectivity index (χ4n) is 3.26. The van der Waals surface area contributed by atoms with Crippen LogP contribution in [0.4, 0.5) is 5.69 Å². The van der Waals surface area contributed by atoms with E-state index in [9.17, 15) is 0 Å². The summed E-state index contributed by atoms with van der Waals surface area (Å²) in [6.07, 6.45) is 6.36. The van der Waals surface area contributed by atoms with Gasteiger partial charge in [0.25, 0.3) is 0 Å². The van der Waals surface area contributed by atoms with Gasteiger partial charge in [0.05, 0.1) is 12.3 Å². The molecule has 1 aromatic carbocycles. The van der Waals surface area contributed by atoms with Crippen LogP contribution in [0.3, 0.4) is 0 Å². The molecular weight excluding hydrogens is 258 g/mol. The summed E-state index contributed by atoms with van der Waals surface area (Å²) in [5, 5.41) is 3.75. The minimum atomic E-state index is 0.595. The van der Waals surface area contributed by atoms with E-state index in [0.717, 1.165) is 30.6 Å². The zero-order valence-electron chi connectivity index (χ0n) is 14.1. The number of aryl methyl sites for hydroxylation is 1. The summed E-state index contributed by atoms with van der Waals surface area (Å²) >= 11 is 0. The maximum atomic E-state index is 5.92. The molecular formula is C19H31NO. The van der Waals surface area contributed by atoms with Crippen LogP contribution >= 0.6 is 0 Å². The Balaban J connectivity index is 2.04. The first kappa shape index (κ1) is 16.2. The first-order valence-corrected chi connectivity index (χ1v) is 8.60. The summed E-state index contributed by atoms with van der Waals surface area (Å²) in [6.45, 7) is 9.77. The lowest BCUT2D eigenvalue weighted by molar-refractivity contribution is 0.263. The third-order valence-electron chi connectivity index (χ3n) is 4.62. The molecule has 0 amide bonds. The second kappa shape index (κ2) is 7.72. The van der Waals surface area contributed by atoms with Crippen LogP contribution < -0.4 is 10.1 Å². The molecule has 1 aliphatic rings. The van der Waals surface area contributed by atoms with Crippen LogP contribution in [0.5, 0.6) is 5.75 Å². The fraction of sp³-hybridized carbons (Fsp3) is 0.684. The van der Waals surface area contributed by atoms with Gasteiger partial charge in [0.2, 0.25) is 0 Å². The number of benzene rings is 1. The van der Waals surface area contributed by atoms with Gasteiger partial charge < -0.3 is 10.1 Å². The van der Waals surface area contributed by atoms with E-state index in [1.165, 1.54) is 36.9 Å². The molecule has 0 radical (unpaired) electrons. The zero-order valence-corrected chi connectivity index (χ0v) is 14.1. The van der Waals surface area contributed by atoms with E-state index in [0.29, 0.717) is 6.04 Å². The minimum Gasteiger partial charge on any atom is -0.491 e. The van der Waals surface area contributed by atoms with Crippen molar-refractivity contribution >= 4 is 5.69 Å². The molecule has 1 N–H and O–H groups in total. The summed E-state index contributed by atoms with van der Waals surface area (Å²) < 4.78 is 5.92. The lowest BCUT2D eigenvalue weighted by Crippen LogP contribution is -2.29. The van der Waals surface area contributed by atoms with Crippen LogP contribution in [0.25, 0.3) is 0 Å². The van der Waals surface area contributed by atoms with E-state index < -0.39 is 0 Å². The highest BCUT2D eigenvalue weighted by molar-refractivity contribution is 5.58. The van der Waals surface area contributed by atoms with Gasteiger partial charge >= 0.3 is 0 Å². The van der Waals surface area contributed by atoms with Crippen molar-refractivity contribution in [2.45, 2.75) is 65.8 Å². The molecule has 2 atom stereocenters. The second-order valence-electron chi connectivity index (χ2n) is 6.86. The lowest BCUT2D eigenvalue weighted by Gasteiger charge is -2.33. The van der Waals surface area contributed by atoms with Crippen LogP contribution in [-0.2, 0) is 0 Å². The number of hydrogen-bond acceptors (Lipinski definition) is 2. The van der Waals surface area contributed by atoms with Gasteiger partial charge in [-0.15, -0.1) is 0 Å². The average Bonchev–Trinajstić information content (AvgIpc) is 2.47. The molecule has 2 heteroatoms. The molecule has 1 aromatic rings. The van der Waals surface area contributed by atoms with Crippen LogP contribution in [0.2, 0.25) is 0 Å². The molecule has 1 fully saturated rings. The molecule has 118 valence electrons. The van der Waals surface area contributed by atoms with Crippen molar-refractivity contribution < 1.29 is 4.74 Å². The van der Waals surface area contributed by atoms with E-state index in [1.54, 1.807) is 0 Å². The molecule has 0 saturated heterocycles. The Kier molecular flexibility index (Phi) is 5.96. The molecule has 0 heterocycles. The third-order valence-corrected chi connectivity index (χ3v) is 4.62. The van der Waals surface area contributed by atoms with E-state index in [2.05, 4.69) is 51.2 Å². The van der Waals surface area contributed by atoms with Crippen LogP contribution in [-0.4, -0.2) is 12.6 Å². The predicted octanol–water partition coefficient (Wildman–Crippen LogP) is 5.41. The zero-order chi connectivity index (χ0) is 15.2. The Bertz CT molecular complexity index is 441. The molecule has 0 aromatic heterocycles. The van der Waals surface area contributed by atoms with Gasteiger partial charge in [-0.1, -0.05) is 39.7 Å². The summed E-state index contributed by atoms with van der Waals surface area (Å²) in [5.41, 5.74) is 2.43. The van der Waals surface area contributed by atoms with E-state index >= 15 is 0 Å². The lowest BCUT2D eigenvalue weighted by atomic mass is 9.79. The summed E-state index contributed by atoms with van der Waals surface area (Å²) in [6, 6.07) is 7.10. The van der Waals surface area contributed by atoms with Crippen molar-refractivity contribution in [2.75, 3.05) is 11.9 Å². The van der Waals surface area contributed by atoms with Gasteiger partial charge in [-0.05, 0) is 55.7 Å². The molecule has 2 unspecified atom stereocenters. The summed E-state index contributed by atoms with van der Waals surface area (Å²) in [7, 11) is 0. The minimum absolute atomic E-state index is 0.595. The maximum Gasteiger partial charge on any atom is 0.142 e. The number of hydrogen-bond donors (Lipinski definition) is 1. The SMILES string of the molecule is CCCOc1cc(C)ccc1NC1CCCC(C(C)C)C1. The van der Waals surface area contributed by atoms with Gasteiger partial charge in [-0.3, -0.25) is 0 Å². The number of ether oxygens (including phenoxy) is 1. The fourth-order valence-corrected chi connectivity index (χ4v) is 3.26. The first-order valence-electron chi connectivity index (χ1n) is 8.60. The number of rotatable bonds is 6. The van der Waals surface area contributed by atoms with Crippen molar-refractivity contribution in [1.29, 1.82) is 0 Å². The molecule has 2 rings (SSSR count). The van der Waals surface area contributed by atoms with Crippen molar-refractivity contribution in [3.63, 3.8) is 0 Å². The Morgan fingerprint density at radius 1 is 1.29 bits per heavy atom. The van der Waals surface area contributed by atoms with Gasteiger partial charge in [0.15, 0.2) is 0 Å². The highest BCUT2D eigenvalue weighted by atomic mass is 16.5. The van der Waals surface area contributed by atoms with Crippen molar-refractivity contribution in [2.24, 2.45) is 11.8 Å². The standard InChI is InChI=1S/C19H31NO/c1-5-11-21-19-12-15(4)9-10-18(19)20-17-8-6-7-16(13-17)14(2)3/h9-10,12,14,16-17,20H,5-8,11,13H2,1-4H3. The number of nitrogens with one attached hydrogen (secondary N) is 1. The summed E-state index contributed by atoms with van der Waals surface area (Å²) in [5.74, 6) is 2.67. The van der Waals surface area contributed by atoms with Gasteiger partial charge in [-0.25, -0.2) is 0 Å². The highest BCUT2D eigenvalue weighted by Gasteiger charge is 2.24. The van der Waals surface area contributed by atoms with E-state index in [1.807, 2.05) is 0 Å². The topological polar surface area (TPSA) is 21.3 Å². The smallest absolute Gasteiger partial charge is 0.142 e. The average molecular weight is 289 g/mol. The van der Waals surface area contributed by atoms with Crippen molar-refractivity contribution in [1.82, 2.24) is 0 Å². The van der Waals surface area contributed by atoms with Crippen molar-refractivity contribution in [3.05, 3.63) is 23.8 Å². The molecule has 0 aliphatic heterocycles. The van der Waals surface area contributed by atoms with Gasteiger partial charge in [0.1, 0.15) is 5.75 Å². The third kappa shape index (κ3) is 4.66. The Labute approximate surface area is 130 Å². The van der Waals surface area contributed by atoms with Gasteiger partial charge in [0, 0.05) is 6.04 Å². The molecule has 2 nitrogen and oxygen atoms in total. The van der Waals surface area contributed by atoms with E-state index in [-0.39, 0.29) is 0 Å². The molecule has 0 bridgehead atoms. The van der Waals surface area contributed by atoms with E-state index in [4.69, 9.17) is 4.74 Å². The molecule has 1 aliphatic carbocycles. The maximum absolute atomic E-state index is 5.92. The highest BCUT2D eigenvalue weighted by Crippen LogP contribution is 2.34. The molecule has 0 spiro atoms. The molecule has 1 saturated carbocycles. The van der Waals surface area contributed by atoms with Crippen molar-refractivity contribution in [3.8, 4) is 5.75 Å². The number of anilines is 1. The Morgan fingerprint density at radius 3 is 2.81 bits per heavy atom.